The van der Waals surface area contributed by atoms with Gasteiger partial charge in [0.1, 0.15) is 11.0 Å². The van der Waals surface area contributed by atoms with Gasteiger partial charge >= 0.3 is 5.97 Å². The number of nitrogens with zero attached hydrogens (tertiary/aromatic N) is 2. The molecule has 0 saturated heterocycles. The summed E-state index contributed by atoms with van der Waals surface area (Å²) in [5.74, 6) is -0.0190. The number of unbranched alkanes of at least 4 members (excludes halogenated alkanes) is 1. The van der Waals surface area contributed by atoms with Gasteiger partial charge in [-0.15, -0.1) is 10.2 Å². The van der Waals surface area contributed by atoms with Crippen LogP contribution in [0.15, 0.2) is 9.85 Å². The third-order valence-electron chi connectivity index (χ3n) is 2.14. The molecule has 1 heterocycles. The van der Waals surface area contributed by atoms with E-state index >= 15 is 0 Å². The van der Waals surface area contributed by atoms with Crippen LogP contribution in [0.5, 0.6) is 0 Å². The van der Waals surface area contributed by atoms with Crippen molar-refractivity contribution in [3.8, 4) is 0 Å². The lowest BCUT2D eigenvalue weighted by Gasteiger charge is -2.18. The van der Waals surface area contributed by atoms with Gasteiger partial charge < -0.3 is 10.8 Å². The van der Waals surface area contributed by atoms with Crippen LogP contribution < -0.4 is 5.73 Å². The van der Waals surface area contributed by atoms with E-state index in [4.69, 9.17) is 10.8 Å². The normalized spacial score (nSPS) is 14.6. The maximum Gasteiger partial charge on any atom is 0.323 e. The van der Waals surface area contributed by atoms with Crippen LogP contribution in [0.4, 0.5) is 0 Å². The van der Waals surface area contributed by atoms with E-state index in [-0.39, 0.29) is 0 Å². The Morgan fingerprint density at radius 3 is 3.00 bits per heavy atom. The number of hydrogen-bond donors (Lipinski definition) is 2. The van der Waals surface area contributed by atoms with E-state index in [2.05, 4.69) is 10.2 Å². The average Bonchev–Trinajstić information content (AvgIpc) is 2.69. The van der Waals surface area contributed by atoms with E-state index in [1.165, 1.54) is 11.3 Å². The van der Waals surface area contributed by atoms with Gasteiger partial charge in [0.05, 0.1) is 0 Å². The fourth-order valence-electron chi connectivity index (χ4n) is 1.09. The molecule has 0 radical (unpaired) electrons. The molecule has 16 heavy (non-hydrogen) atoms. The first-order valence-electron chi connectivity index (χ1n) is 4.93. The monoisotopic (exact) mass is 261 g/mol. The molecule has 0 saturated carbocycles. The Labute approximate surface area is 102 Å². The Morgan fingerprint density at radius 1 is 1.69 bits per heavy atom. The van der Waals surface area contributed by atoms with E-state index in [1.807, 2.05) is 0 Å². The Bertz CT molecular complexity index is 328. The number of nitrogens with two attached hydrogens (primary N) is 1. The summed E-state index contributed by atoms with van der Waals surface area (Å²) < 4.78 is 0.953. The lowest BCUT2D eigenvalue weighted by atomic mass is 9.97. The predicted molar refractivity (Wildman–Crippen MR) is 64.7 cm³/mol. The first-order chi connectivity index (χ1) is 7.52. The molecule has 0 amide bonds. The molecule has 90 valence electrons. The minimum absolute atomic E-state index is 0.499. The molecule has 0 aliphatic rings. The molecule has 0 spiro atoms. The molecule has 0 aromatic carbocycles. The third-order valence-corrected chi connectivity index (χ3v) is 4.09. The van der Waals surface area contributed by atoms with Crippen LogP contribution in [-0.2, 0) is 4.79 Å². The van der Waals surface area contributed by atoms with Gasteiger partial charge in [0.25, 0.3) is 0 Å². The number of aromatic nitrogens is 2. The van der Waals surface area contributed by atoms with Crippen molar-refractivity contribution in [2.45, 2.75) is 36.1 Å². The predicted octanol–water partition coefficient (Wildman–Crippen LogP) is 1.60. The molecule has 1 aromatic heterocycles. The highest BCUT2D eigenvalue weighted by molar-refractivity contribution is 8.00. The summed E-state index contributed by atoms with van der Waals surface area (Å²) in [5, 5.41) is 16.4. The van der Waals surface area contributed by atoms with Crippen molar-refractivity contribution >= 4 is 29.1 Å². The van der Waals surface area contributed by atoms with Crippen molar-refractivity contribution in [3.63, 3.8) is 0 Å². The van der Waals surface area contributed by atoms with Crippen LogP contribution >= 0.6 is 23.1 Å². The van der Waals surface area contributed by atoms with E-state index in [9.17, 15) is 4.79 Å². The minimum atomic E-state index is -1.10. The highest BCUT2D eigenvalue weighted by atomic mass is 32.2. The summed E-state index contributed by atoms with van der Waals surface area (Å²) in [4.78, 5) is 10.7. The Balaban J connectivity index is 2.10. The fraction of sp³-hybridized carbons (Fsp3) is 0.667. The summed E-state index contributed by atoms with van der Waals surface area (Å²) >= 11 is 3.16. The second-order valence-corrected chi connectivity index (χ2v) is 5.91. The van der Waals surface area contributed by atoms with Crippen molar-refractivity contribution in [3.05, 3.63) is 5.51 Å². The fourth-order valence-corrected chi connectivity index (χ4v) is 2.64. The number of carbonyl (C=O) groups is 1. The quantitative estimate of drug-likeness (QED) is 0.572. The summed E-state index contributed by atoms with van der Waals surface area (Å²) in [5.41, 5.74) is 6.20. The van der Waals surface area contributed by atoms with Crippen molar-refractivity contribution in [1.82, 2.24) is 10.2 Å². The number of rotatable bonds is 7. The van der Waals surface area contributed by atoms with Gasteiger partial charge in [-0.25, -0.2) is 0 Å². The van der Waals surface area contributed by atoms with Gasteiger partial charge in [0.15, 0.2) is 4.34 Å². The molecule has 5 nitrogen and oxygen atoms in total. The molecule has 0 aliphatic heterocycles. The van der Waals surface area contributed by atoms with Crippen LogP contribution in [0.2, 0.25) is 0 Å². The van der Waals surface area contributed by atoms with E-state index in [0.717, 1.165) is 22.9 Å². The Morgan fingerprint density at radius 2 is 2.44 bits per heavy atom. The first-order valence-corrected chi connectivity index (χ1v) is 6.80. The van der Waals surface area contributed by atoms with Gasteiger partial charge in [-0.1, -0.05) is 29.5 Å². The van der Waals surface area contributed by atoms with Gasteiger partial charge in [-0.2, -0.15) is 0 Å². The zero-order valence-electron chi connectivity index (χ0n) is 9.05. The van der Waals surface area contributed by atoms with Crippen LogP contribution in [0.1, 0.15) is 26.2 Å². The summed E-state index contributed by atoms with van der Waals surface area (Å²) in [6.07, 6.45) is 2.24. The van der Waals surface area contributed by atoms with Gasteiger partial charge in [-0.05, 0) is 19.8 Å². The summed E-state index contributed by atoms with van der Waals surface area (Å²) in [7, 11) is 0. The summed E-state index contributed by atoms with van der Waals surface area (Å²) in [6, 6.07) is 0. The van der Waals surface area contributed by atoms with Crippen molar-refractivity contribution < 1.29 is 9.90 Å². The lowest BCUT2D eigenvalue weighted by molar-refractivity contribution is -0.142. The Kier molecular flexibility index (Phi) is 5.17. The lowest BCUT2D eigenvalue weighted by Crippen LogP contribution is -2.44. The number of thioether (sulfide) groups is 1. The number of aliphatic carboxylic acids is 1. The Hall–Kier alpha value is -0.660. The van der Waals surface area contributed by atoms with Crippen LogP contribution in [-0.4, -0.2) is 32.6 Å². The SMILES string of the molecule is CC(N)(CCCCSc1nncs1)C(=O)O. The van der Waals surface area contributed by atoms with Crippen LogP contribution in [0.25, 0.3) is 0 Å². The molecule has 0 bridgehead atoms. The number of carboxylic acids is 1. The zero-order valence-corrected chi connectivity index (χ0v) is 10.7. The molecule has 0 aliphatic carbocycles. The van der Waals surface area contributed by atoms with Gasteiger partial charge in [-0.3, -0.25) is 4.79 Å². The maximum atomic E-state index is 10.7. The molecule has 7 heteroatoms. The third kappa shape index (κ3) is 4.46. The van der Waals surface area contributed by atoms with Crippen molar-refractivity contribution in [1.29, 1.82) is 0 Å². The maximum absolute atomic E-state index is 10.7. The largest absolute Gasteiger partial charge is 0.480 e. The van der Waals surface area contributed by atoms with E-state index in [0.29, 0.717) is 6.42 Å². The molecular weight excluding hydrogens is 246 g/mol. The van der Waals surface area contributed by atoms with E-state index < -0.39 is 11.5 Å². The van der Waals surface area contributed by atoms with Crippen LogP contribution in [0.3, 0.4) is 0 Å². The van der Waals surface area contributed by atoms with E-state index in [1.54, 1.807) is 24.2 Å². The van der Waals surface area contributed by atoms with Gasteiger partial charge in [0.2, 0.25) is 0 Å². The highest BCUT2D eigenvalue weighted by Gasteiger charge is 2.26. The molecule has 1 atom stereocenters. The van der Waals surface area contributed by atoms with Crippen molar-refractivity contribution in [2.24, 2.45) is 5.73 Å². The second kappa shape index (κ2) is 6.17. The average molecular weight is 261 g/mol. The molecule has 1 unspecified atom stereocenters. The van der Waals surface area contributed by atoms with Crippen LogP contribution in [0, 0.1) is 0 Å². The van der Waals surface area contributed by atoms with Crippen molar-refractivity contribution in [2.75, 3.05) is 5.75 Å². The number of carboxylic acid groups (broad SMARTS) is 1. The molecule has 0 fully saturated rings. The van der Waals surface area contributed by atoms with Gasteiger partial charge in [0, 0.05) is 5.75 Å². The molecule has 1 rings (SSSR count). The standard InChI is InChI=1S/C9H15N3O2S2/c1-9(10,7(13)14)4-2-3-5-15-8-12-11-6-16-8/h6H,2-5,10H2,1H3,(H,13,14). The second-order valence-electron chi connectivity index (χ2n) is 3.73. The molecule has 3 N–H and O–H groups in total. The molecule has 1 aromatic rings. The topological polar surface area (TPSA) is 89.1 Å². The number of hydrogen-bond acceptors (Lipinski definition) is 6. The smallest absolute Gasteiger partial charge is 0.323 e. The summed E-state index contributed by atoms with van der Waals surface area (Å²) in [6.45, 7) is 1.55. The molecular formula is C9H15N3O2S2. The minimum Gasteiger partial charge on any atom is -0.480 e. The zero-order chi connectivity index (χ0) is 12.0. The first kappa shape index (κ1) is 13.4. The highest BCUT2D eigenvalue weighted by Crippen LogP contribution is 2.21.